The molecule has 1 N–H and O–H groups in total. The van der Waals surface area contributed by atoms with E-state index >= 15 is 0 Å². The second-order valence-corrected chi connectivity index (χ2v) is 7.41. The highest BCUT2D eigenvalue weighted by Gasteiger charge is 2.21. The Labute approximate surface area is 148 Å². The summed E-state index contributed by atoms with van der Waals surface area (Å²) < 4.78 is 5.67. The molecule has 2 rings (SSSR count). The average molecular weight is 347 g/mol. The van der Waals surface area contributed by atoms with Crippen molar-refractivity contribution in [2.24, 2.45) is 0 Å². The van der Waals surface area contributed by atoms with Gasteiger partial charge in [-0.15, -0.1) is 0 Å². The predicted molar refractivity (Wildman–Crippen MR) is 97.1 cm³/mol. The number of carboxylic acids is 1. The molecule has 0 radical (unpaired) electrons. The van der Waals surface area contributed by atoms with E-state index in [2.05, 4.69) is 20.8 Å². The van der Waals surface area contributed by atoms with Crippen molar-refractivity contribution in [2.75, 3.05) is 0 Å². The van der Waals surface area contributed by atoms with Crippen LogP contribution in [0, 0.1) is 6.92 Å². The average Bonchev–Trinajstić information content (AvgIpc) is 2.50. The molecule has 2 aromatic carbocycles. The largest absolute Gasteiger partial charge is 0.478 e. The molecule has 0 amide bonds. The van der Waals surface area contributed by atoms with Crippen molar-refractivity contribution in [3.8, 4) is 5.75 Å². The smallest absolute Gasteiger partial charge is 0.345 e. The Balaban J connectivity index is 2.13. The van der Waals surface area contributed by atoms with Crippen LogP contribution in [0.4, 0.5) is 0 Å². The summed E-state index contributed by atoms with van der Waals surface area (Å²) in [7, 11) is 0. The number of benzene rings is 2. The van der Waals surface area contributed by atoms with Gasteiger partial charge in [-0.05, 0) is 47.2 Å². The topological polar surface area (TPSA) is 46.5 Å². The number of aliphatic carboxylic acids is 1. The molecule has 0 aliphatic carbocycles. The Bertz CT molecular complexity index is 715. The predicted octanol–water partition coefficient (Wildman–Crippen LogP) is 5.02. The highest BCUT2D eigenvalue weighted by atomic mass is 35.5. The van der Waals surface area contributed by atoms with Gasteiger partial charge in [-0.25, -0.2) is 4.79 Å². The number of hydrogen-bond donors (Lipinski definition) is 1. The quantitative estimate of drug-likeness (QED) is 0.826. The summed E-state index contributed by atoms with van der Waals surface area (Å²) in [5.41, 5.74) is 3.02. The fourth-order valence-electron chi connectivity index (χ4n) is 2.35. The van der Waals surface area contributed by atoms with Crippen LogP contribution in [0.5, 0.6) is 5.75 Å². The molecule has 128 valence electrons. The Morgan fingerprint density at radius 3 is 2.29 bits per heavy atom. The maximum absolute atomic E-state index is 11.5. The normalized spacial score (nSPS) is 12.7. The Morgan fingerprint density at radius 1 is 1.17 bits per heavy atom. The first-order valence-corrected chi connectivity index (χ1v) is 8.29. The van der Waals surface area contributed by atoms with E-state index in [0.717, 1.165) is 11.1 Å². The van der Waals surface area contributed by atoms with Crippen LogP contribution in [0.25, 0.3) is 0 Å². The summed E-state index contributed by atoms with van der Waals surface area (Å²) in [4.78, 5) is 11.5. The van der Waals surface area contributed by atoms with Crippen molar-refractivity contribution in [2.45, 2.75) is 45.6 Å². The van der Waals surface area contributed by atoms with Crippen LogP contribution in [0.3, 0.4) is 0 Å². The van der Waals surface area contributed by atoms with Gasteiger partial charge in [0.15, 0.2) is 6.10 Å². The minimum Gasteiger partial charge on any atom is -0.478 e. The van der Waals surface area contributed by atoms with E-state index < -0.39 is 12.1 Å². The highest BCUT2D eigenvalue weighted by molar-refractivity contribution is 6.31. The molecule has 4 heteroatoms. The SMILES string of the molecule is Cc1ccc(C[C@H](Oc2ccc(C(C)(C)C)cc2)C(=O)O)cc1Cl. The molecule has 1 atom stereocenters. The van der Waals surface area contributed by atoms with Crippen molar-refractivity contribution < 1.29 is 14.6 Å². The first-order chi connectivity index (χ1) is 11.2. The van der Waals surface area contributed by atoms with Crippen LogP contribution < -0.4 is 4.74 Å². The highest BCUT2D eigenvalue weighted by Crippen LogP contribution is 2.25. The Morgan fingerprint density at radius 2 is 1.79 bits per heavy atom. The molecule has 0 aromatic heterocycles. The molecule has 0 spiro atoms. The summed E-state index contributed by atoms with van der Waals surface area (Å²) in [5.74, 6) is -0.444. The minimum atomic E-state index is -0.994. The van der Waals surface area contributed by atoms with Crippen molar-refractivity contribution >= 4 is 17.6 Å². The van der Waals surface area contributed by atoms with Gasteiger partial charge in [0.1, 0.15) is 5.75 Å². The molecule has 0 aliphatic heterocycles. The molecule has 0 bridgehead atoms. The number of ether oxygens (including phenoxy) is 1. The standard InChI is InChI=1S/C20H23ClO3/c1-13-5-6-14(11-17(13)21)12-18(19(22)23)24-16-9-7-15(8-10-16)20(2,3)4/h5-11,18H,12H2,1-4H3,(H,22,23)/t18-/m0/s1. The molecule has 2 aromatic rings. The van der Waals surface area contributed by atoms with Crippen LogP contribution in [0.1, 0.15) is 37.5 Å². The maximum Gasteiger partial charge on any atom is 0.345 e. The lowest BCUT2D eigenvalue weighted by atomic mass is 9.87. The Hall–Kier alpha value is -2.00. The van der Waals surface area contributed by atoms with Crippen LogP contribution in [0.2, 0.25) is 5.02 Å². The number of carboxylic acid groups (broad SMARTS) is 1. The van der Waals surface area contributed by atoms with Crippen molar-refractivity contribution in [1.82, 2.24) is 0 Å². The summed E-state index contributed by atoms with van der Waals surface area (Å²) >= 11 is 6.11. The fraction of sp³-hybridized carbons (Fsp3) is 0.350. The number of halogens is 1. The van der Waals surface area contributed by atoms with Gasteiger partial charge in [0.05, 0.1) is 0 Å². The number of hydrogen-bond acceptors (Lipinski definition) is 2. The second kappa shape index (κ2) is 7.27. The van der Waals surface area contributed by atoms with E-state index in [1.54, 1.807) is 6.07 Å². The number of aryl methyl sites for hydroxylation is 1. The van der Waals surface area contributed by atoms with Crippen molar-refractivity contribution in [1.29, 1.82) is 0 Å². The lowest BCUT2D eigenvalue weighted by Crippen LogP contribution is -2.29. The molecular formula is C20H23ClO3. The van der Waals surface area contributed by atoms with E-state index in [9.17, 15) is 9.90 Å². The summed E-state index contributed by atoms with van der Waals surface area (Å²) in [6.45, 7) is 8.30. The summed E-state index contributed by atoms with van der Waals surface area (Å²) in [6.07, 6.45) is -0.694. The fourth-order valence-corrected chi connectivity index (χ4v) is 2.56. The van der Waals surface area contributed by atoms with Crippen LogP contribution in [0.15, 0.2) is 42.5 Å². The molecular weight excluding hydrogens is 324 g/mol. The van der Waals surface area contributed by atoms with Crippen LogP contribution >= 0.6 is 11.6 Å². The lowest BCUT2D eigenvalue weighted by molar-refractivity contribution is -0.145. The Kier molecular flexibility index (Phi) is 5.55. The first-order valence-electron chi connectivity index (χ1n) is 7.92. The zero-order valence-electron chi connectivity index (χ0n) is 14.5. The third-order valence-electron chi connectivity index (χ3n) is 3.93. The minimum absolute atomic E-state index is 0.0450. The van der Waals surface area contributed by atoms with Gasteiger partial charge >= 0.3 is 5.97 Å². The molecule has 0 saturated carbocycles. The monoisotopic (exact) mass is 346 g/mol. The maximum atomic E-state index is 11.5. The van der Waals surface area contributed by atoms with E-state index in [0.29, 0.717) is 10.8 Å². The third kappa shape index (κ3) is 4.75. The molecule has 3 nitrogen and oxygen atoms in total. The summed E-state index contributed by atoms with van der Waals surface area (Å²) in [5, 5.41) is 10.1. The van der Waals surface area contributed by atoms with E-state index in [-0.39, 0.29) is 11.8 Å². The number of rotatable bonds is 5. The van der Waals surface area contributed by atoms with Gasteiger partial charge in [-0.2, -0.15) is 0 Å². The second-order valence-electron chi connectivity index (χ2n) is 7.01. The molecule has 0 saturated heterocycles. The molecule has 0 unspecified atom stereocenters. The molecule has 0 aliphatic rings. The van der Waals surface area contributed by atoms with Gasteiger partial charge in [0, 0.05) is 11.4 Å². The third-order valence-corrected chi connectivity index (χ3v) is 4.34. The molecule has 0 heterocycles. The summed E-state index contributed by atoms with van der Waals surface area (Å²) in [6, 6.07) is 13.1. The first kappa shape index (κ1) is 18.3. The van der Waals surface area contributed by atoms with E-state index in [1.807, 2.05) is 43.3 Å². The van der Waals surface area contributed by atoms with Crippen molar-refractivity contribution in [3.63, 3.8) is 0 Å². The van der Waals surface area contributed by atoms with E-state index in [4.69, 9.17) is 16.3 Å². The van der Waals surface area contributed by atoms with Gasteiger partial charge in [0.25, 0.3) is 0 Å². The van der Waals surface area contributed by atoms with Gasteiger partial charge in [0.2, 0.25) is 0 Å². The zero-order chi connectivity index (χ0) is 17.9. The lowest BCUT2D eigenvalue weighted by Gasteiger charge is -2.20. The van der Waals surface area contributed by atoms with Gasteiger partial charge in [-0.3, -0.25) is 0 Å². The zero-order valence-corrected chi connectivity index (χ0v) is 15.2. The van der Waals surface area contributed by atoms with Crippen LogP contribution in [-0.2, 0) is 16.6 Å². The van der Waals surface area contributed by atoms with Crippen LogP contribution in [-0.4, -0.2) is 17.2 Å². The van der Waals surface area contributed by atoms with Crippen molar-refractivity contribution in [3.05, 3.63) is 64.2 Å². The molecule has 24 heavy (non-hydrogen) atoms. The number of carbonyl (C=O) groups is 1. The van der Waals surface area contributed by atoms with Gasteiger partial charge < -0.3 is 9.84 Å². The van der Waals surface area contributed by atoms with E-state index in [1.165, 1.54) is 5.56 Å². The van der Waals surface area contributed by atoms with Gasteiger partial charge in [-0.1, -0.05) is 56.6 Å². The molecule has 0 fully saturated rings.